The lowest BCUT2D eigenvalue weighted by atomic mass is 10.1. The van der Waals surface area contributed by atoms with Crippen LogP contribution in [0.15, 0.2) is 36.7 Å². The first kappa shape index (κ1) is 14.1. The van der Waals surface area contributed by atoms with Gasteiger partial charge in [-0.1, -0.05) is 12.1 Å². The van der Waals surface area contributed by atoms with E-state index in [1.54, 1.807) is 30.5 Å². The third kappa shape index (κ3) is 3.58. The second kappa shape index (κ2) is 6.21. The molecule has 1 heterocycles. The zero-order valence-electron chi connectivity index (χ0n) is 11.3. The van der Waals surface area contributed by atoms with Gasteiger partial charge in [0.25, 0.3) is 0 Å². The van der Waals surface area contributed by atoms with E-state index in [0.29, 0.717) is 13.0 Å². The van der Waals surface area contributed by atoms with Crippen molar-refractivity contribution in [1.82, 2.24) is 14.9 Å². The fraction of sp³-hybridized carbons (Fsp3) is 0.286. The number of aryl methyl sites for hydroxylation is 1. The Kier molecular flexibility index (Phi) is 4.37. The zero-order chi connectivity index (χ0) is 14.5. The Bertz CT molecular complexity index is 577. The number of phenolic OH excluding ortho intramolecular Hbond substituents is 1. The van der Waals surface area contributed by atoms with Crippen LogP contribution in [0.1, 0.15) is 11.4 Å². The van der Waals surface area contributed by atoms with Crippen molar-refractivity contribution in [2.75, 3.05) is 0 Å². The number of nitrogens with one attached hydrogen (secondary N) is 1. The van der Waals surface area contributed by atoms with Gasteiger partial charge in [0, 0.05) is 19.4 Å². The second-order valence-corrected chi connectivity index (χ2v) is 4.65. The first-order chi connectivity index (χ1) is 9.56. The molecule has 0 saturated carbocycles. The van der Waals surface area contributed by atoms with E-state index >= 15 is 0 Å². The maximum absolute atomic E-state index is 11.9. The van der Waals surface area contributed by atoms with Gasteiger partial charge in [0.15, 0.2) is 0 Å². The molecule has 20 heavy (non-hydrogen) atoms. The van der Waals surface area contributed by atoms with Gasteiger partial charge in [-0.05, 0) is 24.1 Å². The summed E-state index contributed by atoms with van der Waals surface area (Å²) in [6.07, 6.45) is 3.92. The monoisotopic (exact) mass is 274 g/mol. The van der Waals surface area contributed by atoms with Gasteiger partial charge < -0.3 is 20.7 Å². The van der Waals surface area contributed by atoms with Crippen LogP contribution in [-0.4, -0.2) is 26.6 Å². The Balaban J connectivity index is 1.86. The molecule has 0 aliphatic carbocycles. The summed E-state index contributed by atoms with van der Waals surface area (Å²) in [5.74, 6) is 0.748. The molecule has 0 fully saturated rings. The first-order valence-corrected chi connectivity index (χ1v) is 6.33. The number of phenols is 1. The summed E-state index contributed by atoms with van der Waals surface area (Å²) in [6, 6.07) is 6.03. The van der Waals surface area contributed by atoms with Crippen molar-refractivity contribution in [3.63, 3.8) is 0 Å². The van der Waals surface area contributed by atoms with E-state index in [9.17, 15) is 9.90 Å². The van der Waals surface area contributed by atoms with Gasteiger partial charge in [-0.25, -0.2) is 4.98 Å². The normalized spacial score (nSPS) is 12.1. The van der Waals surface area contributed by atoms with Gasteiger partial charge in [-0.2, -0.15) is 0 Å². The van der Waals surface area contributed by atoms with E-state index in [1.807, 2.05) is 17.8 Å². The number of carbonyl (C=O) groups excluding carboxylic acids is 1. The lowest BCUT2D eigenvalue weighted by Crippen LogP contribution is -2.42. The number of carbonyl (C=O) groups is 1. The Morgan fingerprint density at radius 3 is 2.75 bits per heavy atom. The topological polar surface area (TPSA) is 93.2 Å². The minimum absolute atomic E-state index is 0.196. The molecule has 1 aromatic heterocycles. The molecule has 1 aromatic carbocycles. The molecule has 4 N–H and O–H groups in total. The van der Waals surface area contributed by atoms with Gasteiger partial charge in [0.1, 0.15) is 11.6 Å². The fourth-order valence-electron chi connectivity index (χ4n) is 1.84. The smallest absolute Gasteiger partial charge is 0.237 e. The third-order valence-electron chi connectivity index (χ3n) is 3.07. The average Bonchev–Trinajstić information content (AvgIpc) is 2.84. The van der Waals surface area contributed by atoms with E-state index in [2.05, 4.69) is 10.3 Å². The van der Waals surface area contributed by atoms with Crippen LogP contribution in [0.4, 0.5) is 0 Å². The number of amides is 1. The lowest BCUT2D eigenvalue weighted by Gasteiger charge is -2.12. The fourth-order valence-corrected chi connectivity index (χ4v) is 1.84. The quantitative estimate of drug-likeness (QED) is 0.731. The van der Waals surface area contributed by atoms with E-state index < -0.39 is 6.04 Å². The molecule has 2 aromatic rings. The van der Waals surface area contributed by atoms with E-state index in [-0.39, 0.29) is 11.7 Å². The molecule has 0 bridgehead atoms. The number of imidazole rings is 1. The summed E-state index contributed by atoms with van der Waals surface area (Å²) in [5.41, 5.74) is 6.77. The van der Waals surface area contributed by atoms with Crippen LogP contribution in [0, 0.1) is 0 Å². The Morgan fingerprint density at radius 2 is 2.15 bits per heavy atom. The summed E-state index contributed by atoms with van der Waals surface area (Å²) in [6.45, 7) is 0.353. The maximum Gasteiger partial charge on any atom is 0.237 e. The van der Waals surface area contributed by atoms with Crippen molar-refractivity contribution in [3.05, 3.63) is 48.0 Å². The highest BCUT2D eigenvalue weighted by atomic mass is 16.3. The highest BCUT2D eigenvalue weighted by Gasteiger charge is 2.14. The Hall–Kier alpha value is -2.34. The molecule has 0 aliphatic heterocycles. The van der Waals surface area contributed by atoms with Crippen LogP contribution in [0.25, 0.3) is 0 Å². The van der Waals surface area contributed by atoms with Crippen molar-refractivity contribution < 1.29 is 9.90 Å². The molecule has 0 spiro atoms. The number of nitrogens with zero attached hydrogens (tertiary/aromatic N) is 2. The summed E-state index contributed by atoms with van der Waals surface area (Å²) in [4.78, 5) is 16.0. The van der Waals surface area contributed by atoms with Crippen molar-refractivity contribution in [1.29, 1.82) is 0 Å². The predicted molar refractivity (Wildman–Crippen MR) is 74.8 cm³/mol. The molecule has 2 rings (SSSR count). The summed E-state index contributed by atoms with van der Waals surface area (Å²) >= 11 is 0. The molecule has 0 saturated heterocycles. The number of rotatable bonds is 5. The second-order valence-electron chi connectivity index (χ2n) is 4.65. The average molecular weight is 274 g/mol. The van der Waals surface area contributed by atoms with Crippen molar-refractivity contribution >= 4 is 5.91 Å². The van der Waals surface area contributed by atoms with Crippen LogP contribution in [-0.2, 0) is 24.8 Å². The van der Waals surface area contributed by atoms with Crippen LogP contribution in [0.3, 0.4) is 0 Å². The highest BCUT2D eigenvalue weighted by Crippen LogP contribution is 2.10. The highest BCUT2D eigenvalue weighted by molar-refractivity contribution is 5.81. The van der Waals surface area contributed by atoms with Gasteiger partial charge in [0.2, 0.25) is 5.91 Å². The van der Waals surface area contributed by atoms with E-state index in [4.69, 9.17) is 5.73 Å². The molecule has 6 nitrogen and oxygen atoms in total. The maximum atomic E-state index is 11.9. The first-order valence-electron chi connectivity index (χ1n) is 6.33. The summed E-state index contributed by atoms with van der Waals surface area (Å²) in [7, 11) is 1.87. The van der Waals surface area contributed by atoms with Crippen LogP contribution < -0.4 is 11.1 Å². The number of aromatic nitrogens is 2. The molecule has 0 radical (unpaired) electrons. The molecular formula is C14H18N4O2. The Morgan fingerprint density at radius 1 is 1.45 bits per heavy atom. The summed E-state index contributed by atoms with van der Waals surface area (Å²) < 4.78 is 1.84. The minimum atomic E-state index is -0.625. The van der Waals surface area contributed by atoms with Crippen LogP contribution in [0.5, 0.6) is 5.75 Å². The van der Waals surface area contributed by atoms with E-state index in [1.165, 1.54) is 0 Å². The zero-order valence-corrected chi connectivity index (χ0v) is 11.3. The molecule has 1 unspecified atom stereocenters. The van der Waals surface area contributed by atoms with Gasteiger partial charge >= 0.3 is 0 Å². The predicted octanol–water partition coefficient (Wildman–Crippen LogP) is 0.312. The molecule has 6 heteroatoms. The summed E-state index contributed by atoms with van der Waals surface area (Å²) in [5, 5.41) is 12.0. The third-order valence-corrected chi connectivity index (χ3v) is 3.07. The number of aromatic hydroxyl groups is 1. The van der Waals surface area contributed by atoms with Gasteiger partial charge in [0.05, 0.1) is 12.6 Å². The van der Waals surface area contributed by atoms with Crippen LogP contribution in [0.2, 0.25) is 0 Å². The number of hydrogen-bond donors (Lipinski definition) is 3. The van der Waals surface area contributed by atoms with Crippen molar-refractivity contribution in [3.8, 4) is 5.75 Å². The molecule has 0 aliphatic rings. The standard InChI is InChI=1S/C14H18N4O2/c1-18-7-6-16-13(18)9-17-14(20)12(15)8-10-2-4-11(19)5-3-10/h2-7,12,19H,8-9,15H2,1H3,(H,17,20). The molecule has 1 amide bonds. The van der Waals surface area contributed by atoms with Crippen molar-refractivity contribution in [2.24, 2.45) is 12.8 Å². The number of hydrogen-bond acceptors (Lipinski definition) is 4. The van der Waals surface area contributed by atoms with E-state index in [0.717, 1.165) is 11.4 Å². The minimum Gasteiger partial charge on any atom is -0.508 e. The molecule has 1 atom stereocenters. The largest absolute Gasteiger partial charge is 0.508 e. The molecular weight excluding hydrogens is 256 g/mol. The van der Waals surface area contributed by atoms with Crippen molar-refractivity contribution in [2.45, 2.75) is 19.0 Å². The SMILES string of the molecule is Cn1ccnc1CNC(=O)C(N)Cc1ccc(O)cc1. The Labute approximate surface area is 117 Å². The van der Waals surface area contributed by atoms with Gasteiger partial charge in [-0.3, -0.25) is 4.79 Å². The molecule has 106 valence electrons. The lowest BCUT2D eigenvalue weighted by molar-refractivity contribution is -0.122. The van der Waals surface area contributed by atoms with Gasteiger partial charge in [-0.15, -0.1) is 0 Å². The number of benzene rings is 1. The number of nitrogens with two attached hydrogens (primary N) is 1. The van der Waals surface area contributed by atoms with Crippen LogP contribution >= 0.6 is 0 Å².